The molecule has 0 atom stereocenters. The van der Waals surface area contributed by atoms with Crippen molar-refractivity contribution in [3.63, 3.8) is 0 Å². The Kier molecular flexibility index (Phi) is 7.22. The Bertz CT molecular complexity index is 954. The van der Waals surface area contributed by atoms with Crippen molar-refractivity contribution in [3.05, 3.63) is 89.2 Å². The molecule has 0 aliphatic carbocycles. The summed E-state index contributed by atoms with van der Waals surface area (Å²) in [6.07, 6.45) is 0.873. The van der Waals surface area contributed by atoms with E-state index in [2.05, 4.69) is 89.0 Å². The van der Waals surface area contributed by atoms with Gasteiger partial charge in [-0.3, -0.25) is 9.58 Å². The molecule has 2 amide bonds. The number of nitrogens with one attached hydrogen (secondary N) is 1. The zero-order valence-electron chi connectivity index (χ0n) is 19.1. The number of piperazine rings is 1. The number of hydrogen-bond donors (Lipinski definition) is 1. The maximum atomic E-state index is 12.7. The number of benzene rings is 2. The van der Waals surface area contributed by atoms with Crippen molar-refractivity contribution < 1.29 is 4.79 Å². The molecule has 0 unspecified atom stereocenters. The number of aryl methyl sites for hydroxylation is 3. The van der Waals surface area contributed by atoms with Crippen LogP contribution in [0.25, 0.3) is 0 Å². The average Bonchev–Trinajstić information content (AvgIpc) is 3.15. The van der Waals surface area contributed by atoms with Gasteiger partial charge in [0.15, 0.2) is 0 Å². The molecule has 1 N–H and O–H groups in total. The van der Waals surface area contributed by atoms with E-state index in [-0.39, 0.29) is 12.1 Å². The highest BCUT2D eigenvalue weighted by atomic mass is 16.2. The Labute approximate surface area is 190 Å². The highest BCUT2D eigenvalue weighted by Gasteiger charge is 2.27. The quantitative estimate of drug-likeness (QED) is 0.575. The van der Waals surface area contributed by atoms with E-state index < -0.39 is 0 Å². The van der Waals surface area contributed by atoms with Gasteiger partial charge in [0.1, 0.15) is 0 Å². The van der Waals surface area contributed by atoms with Gasteiger partial charge in [-0.05, 0) is 37.5 Å². The van der Waals surface area contributed by atoms with Gasteiger partial charge in [0.25, 0.3) is 0 Å². The SMILES string of the molecule is Cc1cc(C)n(CCCNC(=O)N2CCN(C(c3ccccc3)c3ccccc3)CC2)n1. The van der Waals surface area contributed by atoms with Crippen LogP contribution in [-0.2, 0) is 6.54 Å². The lowest BCUT2D eigenvalue weighted by atomic mass is 9.96. The van der Waals surface area contributed by atoms with E-state index in [0.29, 0.717) is 6.54 Å². The third-order valence-electron chi connectivity index (χ3n) is 6.12. The molecule has 0 spiro atoms. The van der Waals surface area contributed by atoms with Gasteiger partial charge in [0.05, 0.1) is 11.7 Å². The van der Waals surface area contributed by atoms with Gasteiger partial charge in [-0.15, -0.1) is 0 Å². The summed E-state index contributed by atoms with van der Waals surface area (Å²) >= 11 is 0. The Hall–Kier alpha value is -3.12. The fourth-order valence-corrected chi connectivity index (χ4v) is 4.51. The molecule has 1 fully saturated rings. The molecule has 6 heteroatoms. The molecule has 1 aromatic heterocycles. The summed E-state index contributed by atoms with van der Waals surface area (Å²) in [4.78, 5) is 17.1. The monoisotopic (exact) mass is 431 g/mol. The van der Waals surface area contributed by atoms with Crippen LogP contribution in [0.1, 0.15) is 35.0 Å². The maximum absolute atomic E-state index is 12.7. The molecule has 3 aromatic rings. The standard InChI is InChI=1S/C26H33N5O/c1-21-20-22(2)31(28-21)15-9-14-27-26(32)30-18-16-29(17-19-30)25(23-10-5-3-6-11-23)24-12-7-4-8-13-24/h3-8,10-13,20,25H,9,14-19H2,1-2H3,(H,27,32). The van der Waals surface area contributed by atoms with E-state index in [0.717, 1.165) is 50.5 Å². The first-order valence-corrected chi connectivity index (χ1v) is 11.5. The van der Waals surface area contributed by atoms with Crippen LogP contribution in [0.2, 0.25) is 0 Å². The first-order valence-electron chi connectivity index (χ1n) is 11.5. The van der Waals surface area contributed by atoms with Crippen molar-refractivity contribution in [2.24, 2.45) is 0 Å². The number of urea groups is 1. The summed E-state index contributed by atoms with van der Waals surface area (Å²) in [6.45, 7) is 8.74. The summed E-state index contributed by atoms with van der Waals surface area (Å²) < 4.78 is 2.01. The van der Waals surface area contributed by atoms with Crippen LogP contribution in [0.5, 0.6) is 0 Å². The molecule has 32 heavy (non-hydrogen) atoms. The molecular weight excluding hydrogens is 398 g/mol. The molecule has 2 aromatic carbocycles. The van der Waals surface area contributed by atoms with E-state index in [4.69, 9.17) is 0 Å². The third kappa shape index (κ3) is 5.37. The molecule has 1 aliphatic rings. The summed E-state index contributed by atoms with van der Waals surface area (Å²) in [6, 6.07) is 23.6. The second-order valence-electron chi connectivity index (χ2n) is 8.48. The largest absolute Gasteiger partial charge is 0.338 e. The summed E-state index contributed by atoms with van der Waals surface area (Å²) in [7, 11) is 0. The van der Waals surface area contributed by atoms with Gasteiger partial charge in [-0.1, -0.05) is 60.7 Å². The molecular formula is C26H33N5O. The molecule has 1 aliphatic heterocycles. The predicted octanol–water partition coefficient (Wildman–Crippen LogP) is 4.01. The molecule has 2 heterocycles. The lowest BCUT2D eigenvalue weighted by Crippen LogP contribution is -2.52. The second kappa shape index (κ2) is 10.5. The number of aromatic nitrogens is 2. The smallest absolute Gasteiger partial charge is 0.317 e. The van der Waals surface area contributed by atoms with E-state index >= 15 is 0 Å². The van der Waals surface area contributed by atoms with Crippen molar-refractivity contribution in [2.45, 2.75) is 32.9 Å². The van der Waals surface area contributed by atoms with Gasteiger partial charge < -0.3 is 10.2 Å². The topological polar surface area (TPSA) is 53.4 Å². The van der Waals surface area contributed by atoms with Crippen LogP contribution >= 0.6 is 0 Å². The molecule has 0 saturated carbocycles. The van der Waals surface area contributed by atoms with Crippen LogP contribution in [-0.4, -0.2) is 58.3 Å². The minimum absolute atomic E-state index is 0.0361. The number of rotatable bonds is 7. The van der Waals surface area contributed by atoms with E-state index in [1.54, 1.807) is 0 Å². The predicted molar refractivity (Wildman–Crippen MR) is 128 cm³/mol. The number of carbonyl (C=O) groups excluding carboxylic acids is 1. The number of nitrogens with zero attached hydrogens (tertiary/aromatic N) is 4. The summed E-state index contributed by atoms with van der Waals surface area (Å²) in [5, 5.41) is 7.56. The molecule has 0 bridgehead atoms. The normalized spacial score (nSPS) is 14.7. The van der Waals surface area contributed by atoms with Crippen LogP contribution in [0, 0.1) is 13.8 Å². The van der Waals surface area contributed by atoms with E-state index in [1.807, 2.05) is 16.5 Å². The van der Waals surface area contributed by atoms with Crippen molar-refractivity contribution in [1.29, 1.82) is 0 Å². The second-order valence-corrected chi connectivity index (χ2v) is 8.48. The Morgan fingerprint density at radius 1 is 0.938 bits per heavy atom. The fourth-order valence-electron chi connectivity index (χ4n) is 4.51. The molecule has 1 saturated heterocycles. The highest BCUT2D eigenvalue weighted by molar-refractivity contribution is 5.74. The first-order chi connectivity index (χ1) is 15.6. The van der Waals surface area contributed by atoms with Crippen LogP contribution in [0.4, 0.5) is 4.79 Å². The Balaban J connectivity index is 1.29. The van der Waals surface area contributed by atoms with Gasteiger partial charge in [0.2, 0.25) is 0 Å². The van der Waals surface area contributed by atoms with Crippen molar-refractivity contribution >= 4 is 6.03 Å². The average molecular weight is 432 g/mol. The van der Waals surface area contributed by atoms with E-state index in [1.165, 1.54) is 11.1 Å². The van der Waals surface area contributed by atoms with Crippen LogP contribution < -0.4 is 5.32 Å². The molecule has 6 nitrogen and oxygen atoms in total. The lowest BCUT2D eigenvalue weighted by Gasteiger charge is -2.39. The fraction of sp³-hybridized carbons (Fsp3) is 0.385. The molecule has 0 radical (unpaired) electrons. The first kappa shape index (κ1) is 22.1. The van der Waals surface area contributed by atoms with Gasteiger partial charge >= 0.3 is 6.03 Å². The minimum atomic E-state index is 0.0361. The van der Waals surface area contributed by atoms with Crippen molar-refractivity contribution in [2.75, 3.05) is 32.7 Å². The minimum Gasteiger partial charge on any atom is -0.338 e. The van der Waals surface area contributed by atoms with Gasteiger partial charge in [-0.25, -0.2) is 4.79 Å². The Morgan fingerprint density at radius 3 is 2.06 bits per heavy atom. The van der Waals surface area contributed by atoms with Gasteiger partial charge in [-0.2, -0.15) is 5.10 Å². The molecule has 4 rings (SSSR count). The van der Waals surface area contributed by atoms with Gasteiger partial charge in [0, 0.05) is 45.0 Å². The molecule has 168 valence electrons. The van der Waals surface area contributed by atoms with Crippen LogP contribution in [0.15, 0.2) is 66.7 Å². The third-order valence-corrected chi connectivity index (χ3v) is 6.12. The van der Waals surface area contributed by atoms with Crippen LogP contribution in [0.3, 0.4) is 0 Å². The highest BCUT2D eigenvalue weighted by Crippen LogP contribution is 2.29. The zero-order chi connectivity index (χ0) is 22.3. The zero-order valence-corrected chi connectivity index (χ0v) is 19.1. The lowest BCUT2D eigenvalue weighted by molar-refractivity contribution is 0.120. The number of amides is 2. The van der Waals surface area contributed by atoms with Crippen molar-refractivity contribution in [3.8, 4) is 0 Å². The van der Waals surface area contributed by atoms with E-state index in [9.17, 15) is 4.79 Å². The Morgan fingerprint density at radius 2 is 1.53 bits per heavy atom. The summed E-state index contributed by atoms with van der Waals surface area (Å²) in [5.41, 5.74) is 4.78. The summed E-state index contributed by atoms with van der Waals surface area (Å²) in [5.74, 6) is 0. The van der Waals surface area contributed by atoms with Crippen molar-refractivity contribution in [1.82, 2.24) is 24.9 Å². The number of carbonyl (C=O) groups is 1. The maximum Gasteiger partial charge on any atom is 0.317 e. The number of hydrogen-bond acceptors (Lipinski definition) is 3.